The topological polar surface area (TPSA) is 98.3 Å². The van der Waals surface area contributed by atoms with Crippen molar-refractivity contribution >= 4 is 49.7 Å². The molecule has 1 amide bonds. The maximum Gasteiger partial charge on any atom is 0.258 e. The Bertz CT molecular complexity index is 1960. The number of carbonyl (C=O) groups is 1. The normalized spacial score (nSPS) is 11.1. The van der Waals surface area contributed by atoms with E-state index in [0.29, 0.717) is 47.1 Å². The van der Waals surface area contributed by atoms with Crippen molar-refractivity contribution in [3.8, 4) is 11.5 Å². The number of ether oxygens (including phenoxy) is 2. The van der Waals surface area contributed by atoms with E-state index < -0.39 is 0 Å². The summed E-state index contributed by atoms with van der Waals surface area (Å²) in [6.45, 7) is 2.42. The maximum atomic E-state index is 13.7. The minimum Gasteiger partial charge on any atom is -0.497 e. The van der Waals surface area contributed by atoms with E-state index in [1.807, 2.05) is 43.3 Å². The van der Waals surface area contributed by atoms with Gasteiger partial charge in [0.2, 0.25) is 0 Å². The number of hydrogen-bond donors (Lipinski definition) is 2. The number of pyridine rings is 1. The third-order valence-corrected chi connectivity index (χ3v) is 8.27. The van der Waals surface area contributed by atoms with Crippen LogP contribution in [0.25, 0.3) is 21.0 Å². The number of aryl methyl sites for hydroxylation is 1. The third-order valence-electron chi connectivity index (χ3n) is 7.30. The predicted octanol–water partition coefficient (Wildman–Crippen LogP) is 7.16. The van der Waals surface area contributed by atoms with Gasteiger partial charge in [-0.3, -0.25) is 9.78 Å². The molecule has 0 fully saturated rings. The van der Waals surface area contributed by atoms with Crippen LogP contribution in [-0.2, 0) is 13.0 Å². The molecule has 2 N–H and O–H groups in total. The van der Waals surface area contributed by atoms with E-state index in [2.05, 4.69) is 25.6 Å². The van der Waals surface area contributed by atoms with Crippen LogP contribution < -0.4 is 20.1 Å². The molecule has 0 aliphatic heterocycles. The van der Waals surface area contributed by atoms with Crippen molar-refractivity contribution in [2.75, 3.05) is 24.9 Å². The fourth-order valence-electron chi connectivity index (χ4n) is 5.02. The van der Waals surface area contributed by atoms with Gasteiger partial charge >= 0.3 is 0 Å². The van der Waals surface area contributed by atoms with E-state index in [-0.39, 0.29) is 11.7 Å². The fourth-order valence-corrected chi connectivity index (χ4v) is 5.99. The molecule has 0 bridgehead atoms. The molecule has 43 heavy (non-hydrogen) atoms. The summed E-state index contributed by atoms with van der Waals surface area (Å²) >= 11 is 1.41. The van der Waals surface area contributed by atoms with Crippen molar-refractivity contribution in [1.82, 2.24) is 15.0 Å². The number of aromatic nitrogens is 3. The second-order valence-electron chi connectivity index (χ2n) is 9.95. The number of thiophene rings is 1. The van der Waals surface area contributed by atoms with E-state index in [1.54, 1.807) is 37.9 Å². The Balaban J connectivity index is 1.26. The molecule has 0 atom stereocenters. The fraction of sp³-hybridized carbons (Fsp3) is 0.152. The van der Waals surface area contributed by atoms with E-state index in [1.165, 1.54) is 29.8 Å². The number of nitrogens with one attached hydrogen (secondary N) is 2. The molecule has 3 heterocycles. The van der Waals surface area contributed by atoms with Gasteiger partial charge in [-0.05, 0) is 48.4 Å². The zero-order valence-corrected chi connectivity index (χ0v) is 24.6. The summed E-state index contributed by atoms with van der Waals surface area (Å²) in [6, 6.07) is 17.9. The first kappa shape index (κ1) is 28.0. The zero-order chi connectivity index (χ0) is 29.9. The minimum atomic E-state index is -0.276. The lowest BCUT2D eigenvalue weighted by Gasteiger charge is -2.14. The van der Waals surface area contributed by atoms with Gasteiger partial charge in [0.25, 0.3) is 5.91 Å². The number of fused-ring (bicyclic) bond motifs is 2. The predicted molar refractivity (Wildman–Crippen MR) is 168 cm³/mol. The molecule has 3 aromatic heterocycles. The number of halogens is 1. The van der Waals surface area contributed by atoms with Gasteiger partial charge in [0.05, 0.1) is 41.4 Å². The molecule has 0 saturated carbocycles. The first-order valence-corrected chi connectivity index (χ1v) is 14.4. The largest absolute Gasteiger partial charge is 0.497 e. The Morgan fingerprint density at radius 1 is 0.953 bits per heavy atom. The van der Waals surface area contributed by atoms with E-state index in [0.717, 1.165) is 37.9 Å². The van der Waals surface area contributed by atoms with Crippen molar-refractivity contribution < 1.29 is 18.7 Å². The van der Waals surface area contributed by atoms with Crippen molar-refractivity contribution in [2.45, 2.75) is 19.9 Å². The summed E-state index contributed by atoms with van der Waals surface area (Å²) in [4.78, 5) is 27.1. The molecule has 0 spiro atoms. The zero-order valence-electron chi connectivity index (χ0n) is 23.8. The molecule has 0 unspecified atom stereocenters. The Kier molecular flexibility index (Phi) is 7.84. The minimum absolute atomic E-state index is 0.264. The number of hydrogen-bond acceptors (Lipinski definition) is 8. The second kappa shape index (κ2) is 12.0. The first-order valence-electron chi connectivity index (χ1n) is 13.5. The van der Waals surface area contributed by atoms with E-state index >= 15 is 0 Å². The van der Waals surface area contributed by atoms with Crippen molar-refractivity contribution in [2.24, 2.45) is 0 Å². The lowest BCUT2D eigenvalue weighted by atomic mass is 10.00. The Morgan fingerprint density at radius 3 is 2.58 bits per heavy atom. The highest BCUT2D eigenvalue weighted by Crippen LogP contribution is 2.34. The molecule has 6 aromatic rings. The number of amides is 1. The number of nitrogens with zero attached hydrogens (tertiary/aromatic N) is 3. The van der Waals surface area contributed by atoms with Crippen molar-refractivity contribution in [3.63, 3.8) is 0 Å². The van der Waals surface area contributed by atoms with Crippen LogP contribution in [0.5, 0.6) is 11.5 Å². The first-order chi connectivity index (χ1) is 20.9. The summed E-state index contributed by atoms with van der Waals surface area (Å²) in [5.41, 5.74) is 5.39. The lowest BCUT2D eigenvalue weighted by molar-refractivity contribution is 0.102. The molecular weight excluding hydrogens is 565 g/mol. The SMILES string of the molecule is COc1ccc(CNc2ncnc3c(C(=O)Nc4c(C)ccc5c(Cc6ccc(F)cc6)nccc45)csc23)c(OC)c1. The average Bonchev–Trinajstić information content (AvgIpc) is 3.47. The molecule has 216 valence electrons. The smallest absolute Gasteiger partial charge is 0.258 e. The van der Waals surface area contributed by atoms with Crippen LogP contribution in [0.2, 0.25) is 0 Å². The van der Waals surface area contributed by atoms with Gasteiger partial charge in [0.1, 0.15) is 29.5 Å². The monoisotopic (exact) mass is 593 g/mol. The second-order valence-corrected chi connectivity index (χ2v) is 10.8. The van der Waals surface area contributed by atoms with Gasteiger partial charge in [0.15, 0.2) is 0 Å². The standard InChI is InChI=1S/C33H28FN5O3S/c1-19-4-11-24-25(12-13-35-27(24)14-20-5-8-22(34)9-6-20)29(19)39-33(40)26-17-43-31-30(26)37-18-38-32(31)36-16-21-7-10-23(41-2)15-28(21)42-3/h4-13,15,17-18H,14,16H2,1-3H3,(H,39,40)(H,36,37,38). The van der Waals surface area contributed by atoms with Gasteiger partial charge in [0, 0.05) is 46.9 Å². The van der Waals surface area contributed by atoms with Gasteiger partial charge in [-0.15, -0.1) is 11.3 Å². The van der Waals surface area contributed by atoms with Gasteiger partial charge < -0.3 is 20.1 Å². The average molecular weight is 594 g/mol. The van der Waals surface area contributed by atoms with Crippen LogP contribution in [-0.4, -0.2) is 35.1 Å². The van der Waals surface area contributed by atoms with Gasteiger partial charge in [-0.25, -0.2) is 14.4 Å². The Labute approximate surface area is 251 Å². The molecular formula is C33H28FN5O3S. The highest BCUT2D eigenvalue weighted by Gasteiger charge is 2.19. The van der Waals surface area contributed by atoms with Crippen LogP contribution in [0.15, 0.2) is 78.6 Å². The van der Waals surface area contributed by atoms with Gasteiger partial charge in [-0.1, -0.05) is 24.3 Å². The maximum absolute atomic E-state index is 13.7. The van der Waals surface area contributed by atoms with Crippen molar-refractivity contribution in [1.29, 1.82) is 0 Å². The van der Waals surface area contributed by atoms with Crippen LogP contribution in [0.4, 0.5) is 15.9 Å². The Morgan fingerprint density at radius 2 is 1.79 bits per heavy atom. The number of benzene rings is 3. The molecule has 10 heteroatoms. The molecule has 8 nitrogen and oxygen atoms in total. The highest BCUT2D eigenvalue weighted by atomic mass is 32.1. The Hall–Kier alpha value is -5.09. The summed E-state index contributed by atoms with van der Waals surface area (Å²) in [5.74, 6) is 1.50. The van der Waals surface area contributed by atoms with Gasteiger partial charge in [-0.2, -0.15) is 0 Å². The molecule has 0 saturated heterocycles. The molecule has 3 aromatic carbocycles. The van der Waals surface area contributed by atoms with Crippen LogP contribution in [0, 0.1) is 12.7 Å². The third kappa shape index (κ3) is 5.69. The summed E-state index contributed by atoms with van der Waals surface area (Å²) in [5, 5.41) is 10.1. The number of carbonyl (C=O) groups excluding carboxylic acids is 1. The van der Waals surface area contributed by atoms with Crippen LogP contribution in [0.1, 0.15) is 32.7 Å². The molecule has 0 radical (unpaired) electrons. The lowest BCUT2D eigenvalue weighted by Crippen LogP contribution is -2.13. The van der Waals surface area contributed by atoms with E-state index in [9.17, 15) is 9.18 Å². The summed E-state index contributed by atoms with van der Waals surface area (Å²) in [7, 11) is 3.23. The highest BCUT2D eigenvalue weighted by molar-refractivity contribution is 7.18. The molecule has 0 aliphatic rings. The van der Waals surface area contributed by atoms with Crippen molar-refractivity contribution in [3.05, 3.63) is 112 Å². The number of anilines is 2. The molecule has 6 rings (SSSR count). The summed E-state index contributed by atoms with van der Waals surface area (Å²) < 4.78 is 25.0. The van der Waals surface area contributed by atoms with Crippen LogP contribution >= 0.6 is 11.3 Å². The quantitative estimate of drug-likeness (QED) is 0.184. The van der Waals surface area contributed by atoms with E-state index in [4.69, 9.17) is 9.47 Å². The van der Waals surface area contributed by atoms with Crippen LogP contribution in [0.3, 0.4) is 0 Å². The summed E-state index contributed by atoms with van der Waals surface area (Å²) in [6.07, 6.45) is 3.73. The molecule has 0 aliphatic carbocycles. The number of rotatable bonds is 9. The number of methoxy groups -OCH3 is 2.